The van der Waals surface area contributed by atoms with Crippen LogP contribution in [0.15, 0.2) is 36.0 Å². The smallest absolute Gasteiger partial charge is 0.408 e. The number of carbonyl (C=O) groups is 4. The minimum Gasteiger partial charge on any atom is -0.464 e. The molecule has 11 heteroatoms. The van der Waals surface area contributed by atoms with Gasteiger partial charge in [-0.2, -0.15) is 0 Å². The van der Waals surface area contributed by atoms with Crippen molar-refractivity contribution in [3.63, 3.8) is 0 Å². The fourth-order valence-corrected chi connectivity index (χ4v) is 3.75. The zero-order valence-corrected chi connectivity index (χ0v) is 25.1. The van der Waals surface area contributed by atoms with Gasteiger partial charge >= 0.3 is 18.0 Å². The summed E-state index contributed by atoms with van der Waals surface area (Å²) in [6, 6.07) is 6.58. The highest BCUT2D eigenvalue weighted by molar-refractivity contribution is 6.76. The molecule has 0 spiro atoms. The van der Waals surface area contributed by atoms with E-state index < -0.39 is 43.7 Å². The second-order valence-corrected chi connectivity index (χ2v) is 16.9. The molecular formula is C27H43N3O7Si. The number of carbonyl (C=O) groups excluding carboxylic acids is 4. The number of rotatable bonds is 12. The third kappa shape index (κ3) is 13.3. The normalized spacial score (nSPS) is 12.7. The van der Waals surface area contributed by atoms with E-state index in [1.54, 1.807) is 71.0 Å². The van der Waals surface area contributed by atoms with Gasteiger partial charge in [-0.3, -0.25) is 4.79 Å². The predicted octanol–water partition coefficient (Wildman–Crippen LogP) is 3.95. The Hall–Kier alpha value is -3.34. The summed E-state index contributed by atoms with van der Waals surface area (Å²) in [6.07, 6.45) is 0.837. The summed E-state index contributed by atoms with van der Waals surface area (Å²) in [5, 5.41) is 5.29. The van der Waals surface area contributed by atoms with E-state index in [0.717, 1.165) is 11.6 Å². The van der Waals surface area contributed by atoms with Gasteiger partial charge in [-0.15, -0.1) is 0 Å². The molecule has 0 bridgehead atoms. The molecule has 1 rings (SSSR count). The Bertz CT molecular complexity index is 993. The topological polar surface area (TPSA) is 123 Å². The van der Waals surface area contributed by atoms with Crippen LogP contribution in [0.25, 0.3) is 0 Å². The van der Waals surface area contributed by atoms with Crippen molar-refractivity contribution in [1.29, 1.82) is 0 Å². The van der Waals surface area contributed by atoms with Crippen molar-refractivity contribution in [2.45, 2.75) is 71.4 Å². The first-order valence-electron chi connectivity index (χ1n) is 12.6. The fraction of sp³-hybridized carbons (Fsp3) is 0.556. The molecule has 0 aliphatic carbocycles. The van der Waals surface area contributed by atoms with Gasteiger partial charge in [-0.25, -0.2) is 14.4 Å². The number of esters is 2. The molecule has 0 fully saturated rings. The first-order chi connectivity index (χ1) is 17.5. The Morgan fingerprint density at radius 2 is 1.63 bits per heavy atom. The van der Waals surface area contributed by atoms with Crippen LogP contribution in [-0.4, -0.2) is 75.9 Å². The van der Waals surface area contributed by atoms with Crippen molar-refractivity contribution in [2.75, 3.05) is 32.6 Å². The largest absolute Gasteiger partial charge is 0.464 e. The molecule has 0 aromatic heterocycles. The minimum absolute atomic E-state index is 0.136. The molecule has 0 aliphatic heterocycles. The second kappa shape index (κ2) is 14.6. The number of nitrogens with one attached hydrogen (secondary N) is 2. The molecule has 2 amide bonds. The third-order valence-electron chi connectivity index (χ3n) is 4.85. The monoisotopic (exact) mass is 549 g/mol. The summed E-state index contributed by atoms with van der Waals surface area (Å²) in [5.74, 6) is -1.88. The average Bonchev–Trinajstić information content (AvgIpc) is 2.76. The molecule has 0 aliphatic rings. The van der Waals surface area contributed by atoms with Crippen LogP contribution >= 0.6 is 0 Å². The standard InChI is InChI=1S/C27H43N3O7Si/c1-10-35-24(32)21(18-30(5)6)23(31)28-20-13-11-19(12-14-20)17-22(29-26(34)37-27(2,3)4)25(33)36-15-16-38(7,8)9/h11-14,18,22H,10,15-17H2,1-9H3,(H,28,31)(H,29,34)/b21-18-. The molecule has 0 saturated carbocycles. The Labute approximate surface area is 227 Å². The van der Waals surface area contributed by atoms with Gasteiger partial charge in [0.05, 0.1) is 13.2 Å². The van der Waals surface area contributed by atoms with E-state index in [0.29, 0.717) is 5.69 Å². The van der Waals surface area contributed by atoms with Crippen LogP contribution in [0, 0.1) is 0 Å². The summed E-state index contributed by atoms with van der Waals surface area (Å²) >= 11 is 0. The van der Waals surface area contributed by atoms with Gasteiger partial charge in [-0.1, -0.05) is 31.8 Å². The number of benzene rings is 1. The van der Waals surface area contributed by atoms with E-state index in [1.165, 1.54) is 6.20 Å². The maximum Gasteiger partial charge on any atom is 0.408 e. The lowest BCUT2D eigenvalue weighted by atomic mass is 10.1. The molecule has 0 heterocycles. The van der Waals surface area contributed by atoms with Crippen molar-refractivity contribution >= 4 is 37.7 Å². The lowest BCUT2D eigenvalue weighted by Crippen LogP contribution is -2.45. The number of hydrogen-bond donors (Lipinski definition) is 2. The molecule has 0 radical (unpaired) electrons. The quantitative estimate of drug-likeness (QED) is 0.100. The molecule has 1 atom stereocenters. The lowest BCUT2D eigenvalue weighted by Gasteiger charge is -2.23. The summed E-state index contributed by atoms with van der Waals surface area (Å²) in [6.45, 7) is 13.9. The first kappa shape index (κ1) is 32.7. The molecule has 0 saturated heterocycles. The van der Waals surface area contributed by atoms with Gasteiger partial charge in [-0.05, 0) is 51.4 Å². The van der Waals surface area contributed by atoms with Crippen LogP contribution in [0.1, 0.15) is 33.3 Å². The van der Waals surface area contributed by atoms with Crippen LogP contribution in [0.5, 0.6) is 0 Å². The number of anilines is 1. The van der Waals surface area contributed by atoms with Gasteiger partial charge in [0.15, 0.2) is 0 Å². The van der Waals surface area contributed by atoms with Crippen molar-refractivity contribution < 1.29 is 33.4 Å². The van der Waals surface area contributed by atoms with Crippen molar-refractivity contribution in [2.24, 2.45) is 0 Å². The van der Waals surface area contributed by atoms with Gasteiger partial charge in [0.25, 0.3) is 5.91 Å². The van der Waals surface area contributed by atoms with Crippen LogP contribution < -0.4 is 10.6 Å². The predicted molar refractivity (Wildman–Crippen MR) is 149 cm³/mol. The van der Waals surface area contributed by atoms with Crippen LogP contribution in [0.3, 0.4) is 0 Å². The van der Waals surface area contributed by atoms with E-state index >= 15 is 0 Å². The highest BCUT2D eigenvalue weighted by Gasteiger charge is 2.27. The molecule has 1 unspecified atom stereocenters. The Balaban J connectivity index is 2.99. The van der Waals surface area contributed by atoms with Gasteiger partial charge in [0.1, 0.15) is 17.2 Å². The number of amides is 2. The number of nitrogens with zero attached hydrogens (tertiary/aromatic N) is 1. The molecular weight excluding hydrogens is 506 g/mol. The van der Waals surface area contributed by atoms with Crippen molar-refractivity contribution in [3.05, 3.63) is 41.6 Å². The van der Waals surface area contributed by atoms with E-state index in [-0.39, 0.29) is 25.2 Å². The van der Waals surface area contributed by atoms with Crippen LogP contribution in [-0.2, 0) is 35.0 Å². The highest BCUT2D eigenvalue weighted by Crippen LogP contribution is 2.15. The van der Waals surface area contributed by atoms with Gasteiger partial charge in [0.2, 0.25) is 0 Å². The Morgan fingerprint density at radius 3 is 2.13 bits per heavy atom. The lowest BCUT2D eigenvalue weighted by molar-refractivity contribution is -0.145. The maximum absolute atomic E-state index is 12.8. The maximum atomic E-state index is 12.8. The molecule has 10 nitrogen and oxygen atoms in total. The molecule has 1 aromatic carbocycles. The summed E-state index contributed by atoms with van der Waals surface area (Å²) < 4.78 is 15.8. The number of hydrogen-bond acceptors (Lipinski definition) is 8. The van der Waals surface area contributed by atoms with E-state index in [1.807, 2.05) is 0 Å². The molecule has 38 heavy (non-hydrogen) atoms. The average molecular weight is 550 g/mol. The Kier molecular flexibility index (Phi) is 12.5. The zero-order valence-electron chi connectivity index (χ0n) is 24.1. The summed E-state index contributed by atoms with van der Waals surface area (Å²) in [7, 11) is 1.98. The zero-order chi connectivity index (χ0) is 29.1. The van der Waals surface area contributed by atoms with E-state index in [9.17, 15) is 19.2 Å². The summed E-state index contributed by atoms with van der Waals surface area (Å²) in [4.78, 5) is 51.7. The van der Waals surface area contributed by atoms with Crippen LogP contribution in [0.2, 0.25) is 25.7 Å². The highest BCUT2D eigenvalue weighted by atomic mass is 28.3. The summed E-state index contributed by atoms with van der Waals surface area (Å²) in [5.41, 5.74) is 0.311. The molecule has 212 valence electrons. The van der Waals surface area contributed by atoms with E-state index in [4.69, 9.17) is 14.2 Å². The van der Waals surface area contributed by atoms with Gasteiger partial charge < -0.3 is 29.7 Å². The second-order valence-electron chi connectivity index (χ2n) is 11.3. The fourth-order valence-electron chi connectivity index (χ4n) is 3.03. The van der Waals surface area contributed by atoms with Crippen molar-refractivity contribution in [3.8, 4) is 0 Å². The van der Waals surface area contributed by atoms with Crippen molar-refractivity contribution in [1.82, 2.24) is 10.2 Å². The molecule has 1 aromatic rings. The SMILES string of the molecule is CCOC(=O)/C(=C\N(C)C)C(=O)Nc1ccc(CC(NC(=O)OC(C)(C)C)C(=O)OCC[Si](C)(C)C)cc1. The first-order valence-corrected chi connectivity index (χ1v) is 16.3. The number of ether oxygens (including phenoxy) is 3. The number of alkyl carbamates (subject to hydrolysis) is 1. The minimum atomic E-state index is -1.41. The Morgan fingerprint density at radius 1 is 1.03 bits per heavy atom. The van der Waals surface area contributed by atoms with Gasteiger partial charge in [0, 0.05) is 40.5 Å². The third-order valence-corrected chi connectivity index (χ3v) is 6.55. The van der Waals surface area contributed by atoms with Crippen LogP contribution in [0.4, 0.5) is 10.5 Å². The molecule has 2 N–H and O–H groups in total. The van der Waals surface area contributed by atoms with E-state index in [2.05, 4.69) is 30.3 Å².